The lowest BCUT2D eigenvalue weighted by atomic mass is 10.1. The quantitative estimate of drug-likeness (QED) is 0.854. The molecule has 0 heterocycles. The third-order valence-corrected chi connectivity index (χ3v) is 4.16. The van der Waals surface area contributed by atoms with Crippen LogP contribution in [0.5, 0.6) is 0 Å². The molecule has 0 aliphatic rings. The van der Waals surface area contributed by atoms with Gasteiger partial charge in [0.25, 0.3) is 0 Å². The molecule has 0 radical (unpaired) electrons. The Bertz CT molecular complexity index is 406. The first-order chi connectivity index (χ1) is 8.25. The summed E-state index contributed by atoms with van der Waals surface area (Å²) in [5, 5.41) is 0. The van der Waals surface area contributed by atoms with Gasteiger partial charge in [-0.25, -0.2) is 8.78 Å². The van der Waals surface area contributed by atoms with Crippen LogP contribution in [0.3, 0.4) is 0 Å². The molecule has 2 atom stereocenters. The van der Waals surface area contributed by atoms with Gasteiger partial charge in [-0.3, -0.25) is 0 Å². The molecule has 0 amide bonds. The van der Waals surface area contributed by atoms with Crippen LogP contribution < -0.4 is 4.72 Å². The molecule has 18 heavy (non-hydrogen) atoms. The van der Waals surface area contributed by atoms with Gasteiger partial charge in [-0.15, -0.1) is 4.72 Å². The zero-order chi connectivity index (χ0) is 13.9. The predicted molar refractivity (Wildman–Crippen MR) is 70.4 cm³/mol. The van der Waals surface area contributed by atoms with E-state index >= 15 is 0 Å². The zero-order valence-electron chi connectivity index (χ0n) is 11.1. The van der Waals surface area contributed by atoms with Gasteiger partial charge in [-0.2, -0.15) is 0 Å². The Morgan fingerprint density at radius 1 is 1.33 bits per heavy atom. The standard InChI is InChI=1S/C13H19F2NOS/c1-5-12(16-18(17)13(2,3)4)10-7-6-9(14)8-11(10)15/h6-8,12,16H,5H2,1-4H3/t12?,18-/m0/s1. The first-order valence-corrected chi connectivity index (χ1v) is 7.03. The number of rotatable bonds is 4. The maximum Gasteiger partial charge on any atom is 0.136 e. The van der Waals surface area contributed by atoms with E-state index in [0.717, 1.165) is 6.07 Å². The molecule has 1 rings (SSSR count). The summed E-state index contributed by atoms with van der Waals surface area (Å²) in [6, 6.07) is 3.07. The van der Waals surface area contributed by atoms with Crippen LogP contribution in [0.2, 0.25) is 0 Å². The van der Waals surface area contributed by atoms with Crippen molar-refractivity contribution in [3.63, 3.8) is 0 Å². The molecule has 1 aromatic rings. The lowest BCUT2D eigenvalue weighted by molar-refractivity contribution is 0.501. The highest BCUT2D eigenvalue weighted by atomic mass is 32.2. The molecule has 0 bridgehead atoms. The van der Waals surface area contributed by atoms with Crippen LogP contribution >= 0.6 is 0 Å². The van der Waals surface area contributed by atoms with Gasteiger partial charge in [0.2, 0.25) is 0 Å². The van der Waals surface area contributed by atoms with Gasteiger partial charge in [0, 0.05) is 23.0 Å². The smallest absolute Gasteiger partial charge is 0.136 e. The first-order valence-electron chi connectivity index (χ1n) is 5.88. The van der Waals surface area contributed by atoms with E-state index in [-0.39, 0.29) is 6.04 Å². The molecule has 0 saturated carbocycles. The second-order valence-electron chi connectivity index (χ2n) is 5.13. The molecule has 102 valence electrons. The number of hydrogen-bond donors (Lipinski definition) is 1. The van der Waals surface area contributed by atoms with Gasteiger partial charge in [0.1, 0.15) is 16.4 Å². The van der Waals surface area contributed by atoms with E-state index in [4.69, 9.17) is 0 Å². The van der Waals surface area contributed by atoms with Crippen LogP contribution in [-0.2, 0) is 11.4 Å². The average molecular weight is 275 g/mol. The van der Waals surface area contributed by atoms with Crippen LogP contribution in [0.4, 0.5) is 8.78 Å². The monoisotopic (exact) mass is 275 g/mol. The number of hydrogen-bond acceptors (Lipinski definition) is 2. The summed E-state index contributed by atoms with van der Waals surface area (Å²) in [4.78, 5) is 0. The Kier molecular flexibility index (Phi) is 5.13. The van der Waals surface area contributed by atoms with E-state index in [1.807, 2.05) is 27.7 Å². The van der Waals surface area contributed by atoms with Crippen LogP contribution in [0, 0.1) is 11.6 Å². The van der Waals surface area contributed by atoms with Gasteiger partial charge < -0.3 is 4.55 Å². The molecule has 0 spiro atoms. The van der Waals surface area contributed by atoms with Gasteiger partial charge in [-0.05, 0) is 33.3 Å². The van der Waals surface area contributed by atoms with Crippen molar-refractivity contribution in [1.82, 2.24) is 4.72 Å². The number of nitrogens with one attached hydrogen (secondary N) is 1. The molecular formula is C13H19F2NOS. The maximum absolute atomic E-state index is 13.7. The summed E-state index contributed by atoms with van der Waals surface area (Å²) in [6.07, 6.45) is 0.574. The molecule has 0 aliphatic heterocycles. The predicted octanol–water partition coefficient (Wildman–Crippen LogP) is 3.47. The number of benzene rings is 1. The molecule has 1 unspecified atom stereocenters. The highest BCUT2D eigenvalue weighted by Crippen LogP contribution is 2.24. The van der Waals surface area contributed by atoms with Crippen LogP contribution in [0.1, 0.15) is 45.7 Å². The zero-order valence-corrected chi connectivity index (χ0v) is 11.9. The number of halogens is 2. The van der Waals surface area contributed by atoms with E-state index in [1.165, 1.54) is 12.1 Å². The first kappa shape index (κ1) is 15.4. The molecule has 0 fully saturated rings. The maximum atomic E-state index is 13.7. The largest absolute Gasteiger partial charge is 0.598 e. The molecule has 1 aromatic carbocycles. The molecule has 1 N–H and O–H groups in total. The summed E-state index contributed by atoms with van der Waals surface area (Å²) in [7, 11) is 0. The molecule has 0 saturated heterocycles. The van der Waals surface area contributed by atoms with E-state index < -0.39 is 27.7 Å². The molecule has 0 aliphatic carbocycles. The van der Waals surface area contributed by atoms with Gasteiger partial charge in [0.05, 0.1) is 6.04 Å². The lowest BCUT2D eigenvalue weighted by Crippen LogP contribution is -2.41. The Hall–Kier alpha value is -0.650. The Balaban J connectivity index is 2.90. The highest BCUT2D eigenvalue weighted by molar-refractivity contribution is 7.90. The van der Waals surface area contributed by atoms with E-state index in [0.29, 0.717) is 12.0 Å². The van der Waals surface area contributed by atoms with E-state index in [2.05, 4.69) is 4.72 Å². The van der Waals surface area contributed by atoms with Crippen LogP contribution in [0.25, 0.3) is 0 Å². The second kappa shape index (κ2) is 5.99. The minimum Gasteiger partial charge on any atom is -0.598 e. The van der Waals surface area contributed by atoms with Crippen molar-refractivity contribution >= 4 is 11.4 Å². The normalized spacial score (nSPS) is 15.5. The SMILES string of the molecule is CCC(N[S@@+]([O-])C(C)(C)C)c1ccc(F)cc1F. The molecule has 2 nitrogen and oxygen atoms in total. The third-order valence-electron chi connectivity index (χ3n) is 2.55. The molecule has 0 aromatic heterocycles. The summed E-state index contributed by atoms with van der Waals surface area (Å²) < 4.78 is 41.0. The average Bonchev–Trinajstić information content (AvgIpc) is 2.25. The van der Waals surface area contributed by atoms with E-state index in [1.54, 1.807) is 0 Å². The summed E-state index contributed by atoms with van der Waals surface area (Å²) in [5.41, 5.74) is 0.344. The Morgan fingerprint density at radius 3 is 2.39 bits per heavy atom. The van der Waals surface area contributed by atoms with Gasteiger partial charge in [-0.1, -0.05) is 13.0 Å². The fourth-order valence-electron chi connectivity index (χ4n) is 1.46. The summed E-state index contributed by atoms with van der Waals surface area (Å²) in [5.74, 6) is -1.22. The van der Waals surface area contributed by atoms with Crippen molar-refractivity contribution in [3.05, 3.63) is 35.4 Å². The molecular weight excluding hydrogens is 256 g/mol. The van der Waals surface area contributed by atoms with Crippen molar-refractivity contribution in [2.24, 2.45) is 0 Å². The van der Waals surface area contributed by atoms with Crippen molar-refractivity contribution in [2.75, 3.05) is 0 Å². The minimum absolute atomic E-state index is 0.344. The van der Waals surface area contributed by atoms with Gasteiger partial charge >= 0.3 is 0 Å². The topological polar surface area (TPSA) is 35.1 Å². The lowest BCUT2D eigenvalue weighted by Gasteiger charge is -2.27. The summed E-state index contributed by atoms with van der Waals surface area (Å²) >= 11 is -1.29. The molecule has 5 heteroatoms. The Morgan fingerprint density at radius 2 is 1.94 bits per heavy atom. The van der Waals surface area contributed by atoms with E-state index in [9.17, 15) is 13.3 Å². The van der Waals surface area contributed by atoms with Crippen LogP contribution in [-0.4, -0.2) is 9.30 Å². The highest BCUT2D eigenvalue weighted by Gasteiger charge is 2.30. The van der Waals surface area contributed by atoms with Crippen molar-refractivity contribution in [3.8, 4) is 0 Å². The third kappa shape index (κ3) is 3.93. The van der Waals surface area contributed by atoms with Crippen molar-refractivity contribution < 1.29 is 13.3 Å². The minimum atomic E-state index is -1.29. The second-order valence-corrected chi connectivity index (χ2v) is 7.12. The van der Waals surface area contributed by atoms with Gasteiger partial charge in [0.15, 0.2) is 0 Å². The fourth-order valence-corrected chi connectivity index (χ4v) is 2.36. The van der Waals surface area contributed by atoms with Crippen molar-refractivity contribution in [1.29, 1.82) is 0 Å². The fraction of sp³-hybridized carbons (Fsp3) is 0.538. The van der Waals surface area contributed by atoms with Crippen LogP contribution in [0.15, 0.2) is 18.2 Å². The van der Waals surface area contributed by atoms with Crippen molar-refractivity contribution in [2.45, 2.75) is 44.9 Å². The summed E-state index contributed by atoms with van der Waals surface area (Å²) in [6.45, 7) is 7.37. The Labute approximate surface area is 110 Å².